The van der Waals surface area contributed by atoms with E-state index in [1.807, 2.05) is 0 Å². The lowest BCUT2D eigenvalue weighted by atomic mass is 10.0. The van der Waals surface area contributed by atoms with Crippen LogP contribution in [0.4, 0.5) is 0 Å². The van der Waals surface area contributed by atoms with Gasteiger partial charge in [0.2, 0.25) is 0 Å². The number of carbonyl (C=O) groups excluding carboxylic acids is 3. The Hall–Kier alpha value is -1.59. The molecule has 0 amide bonds. The maximum atomic E-state index is 10.9. The molecule has 0 fully saturated rings. The Morgan fingerprint density at radius 1 is 0.238 bits per heavy atom. The van der Waals surface area contributed by atoms with E-state index in [2.05, 4.69) is 55.8 Å². The van der Waals surface area contributed by atoms with E-state index in [1.165, 1.54) is 252 Å². The Morgan fingerprint density at radius 3 is 0.492 bits per heavy atom. The normalized spacial score (nSPS) is 11.0. The van der Waals surface area contributed by atoms with E-state index in [0.29, 0.717) is 19.3 Å². The van der Waals surface area contributed by atoms with Gasteiger partial charge in [0.1, 0.15) is 0 Å². The van der Waals surface area contributed by atoms with Gasteiger partial charge in [-0.2, -0.15) is 0 Å². The molecule has 0 N–H and O–H groups in total. The van der Waals surface area contributed by atoms with Crippen LogP contribution in [0.2, 0.25) is 0 Å². The quantitative estimate of drug-likeness (QED) is 0.0344. The largest absolute Gasteiger partial charge is 0.469 e. The summed E-state index contributed by atoms with van der Waals surface area (Å²) in [4.78, 5) is 32.8. The molecule has 0 atom stereocenters. The topological polar surface area (TPSA) is 78.9 Å². The molecule has 0 heterocycles. The number of hydrogen-bond acceptors (Lipinski definition) is 6. The molecule has 63 heavy (non-hydrogen) atoms. The van der Waals surface area contributed by atoms with E-state index in [0.717, 1.165) is 37.0 Å². The molecule has 6 heteroatoms. The summed E-state index contributed by atoms with van der Waals surface area (Å²) >= 11 is 0. The van der Waals surface area contributed by atoms with Gasteiger partial charge in [0, 0.05) is 19.3 Å². The summed E-state index contributed by atoms with van der Waals surface area (Å²) in [6.45, 7) is 13.9. The lowest BCUT2D eigenvalue weighted by molar-refractivity contribution is -0.141. The number of ether oxygens (including phenoxy) is 3. The molecular formula is C57H114O6. The zero-order valence-electron chi connectivity index (χ0n) is 44.4. The van der Waals surface area contributed by atoms with Crippen molar-refractivity contribution < 1.29 is 28.6 Å². The first-order chi connectivity index (χ1) is 30.5. The maximum Gasteiger partial charge on any atom is 0.305 e. The van der Waals surface area contributed by atoms with E-state index in [1.54, 1.807) is 0 Å². The fourth-order valence-electron chi connectivity index (χ4n) is 8.08. The summed E-state index contributed by atoms with van der Waals surface area (Å²) in [6.07, 6.45) is 54.1. The average Bonchev–Trinajstić information content (AvgIpc) is 3.26. The minimum Gasteiger partial charge on any atom is -0.469 e. The zero-order valence-corrected chi connectivity index (χ0v) is 44.4. The van der Waals surface area contributed by atoms with Crippen molar-refractivity contribution in [1.82, 2.24) is 0 Å². The number of methoxy groups -OCH3 is 3. The lowest BCUT2D eigenvalue weighted by Gasteiger charge is -2.04. The van der Waals surface area contributed by atoms with Crippen molar-refractivity contribution in [2.24, 2.45) is 17.8 Å². The van der Waals surface area contributed by atoms with Crippen molar-refractivity contribution >= 4 is 17.9 Å². The first-order valence-corrected chi connectivity index (χ1v) is 27.7. The van der Waals surface area contributed by atoms with Gasteiger partial charge in [0.05, 0.1) is 21.3 Å². The first-order valence-electron chi connectivity index (χ1n) is 27.7. The fraction of sp³-hybridized carbons (Fsp3) is 0.947. The van der Waals surface area contributed by atoms with Gasteiger partial charge >= 0.3 is 17.9 Å². The van der Waals surface area contributed by atoms with Gasteiger partial charge in [0.15, 0.2) is 0 Å². The van der Waals surface area contributed by atoms with E-state index >= 15 is 0 Å². The molecule has 0 saturated carbocycles. The van der Waals surface area contributed by atoms with Crippen LogP contribution in [-0.4, -0.2) is 39.2 Å². The molecule has 0 rings (SSSR count). The summed E-state index contributed by atoms with van der Waals surface area (Å²) in [6, 6.07) is 0. The van der Waals surface area contributed by atoms with Crippen molar-refractivity contribution in [3.8, 4) is 0 Å². The molecule has 0 aliphatic heterocycles. The predicted molar refractivity (Wildman–Crippen MR) is 274 cm³/mol. The standard InChI is InChI=1S/3C19H38O2/c3*1-18(2)16-14-12-10-8-6-4-5-7-9-11-13-15-17-19(20)21-3/h3*18H,4-17H2,1-3H3. The molecule has 0 spiro atoms. The van der Waals surface area contributed by atoms with Crippen molar-refractivity contribution in [2.45, 2.75) is 311 Å². The van der Waals surface area contributed by atoms with Gasteiger partial charge in [-0.1, -0.05) is 273 Å². The lowest BCUT2D eigenvalue weighted by Crippen LogP contribution is -1.99. The number of rotatable bonds is 45. The Balaban J connectivity index is -0.000000857. The van der Waals surface area contributed by atoms with Crippen molar-refractivity contribution in [3.05, 3.63) is 0 Å². The van der Waals surface area contributed by atoms with Gasteiger partial charge in [0.25, 0.3) is 0 Å². The van der Waals surface area contributed by atoms with Crippen LogP contribution in [0, 0.1) is 17.8 Å². The monoisotopic (exact) mass is 895 g/mol. The Bertz CT molecular complexity index is 785. The highest BCUT2D eigenvalue weighted by Crippen LogP contribution is 2.17. The Kier molecular flexibility index (Phi) is 59.0. The zero-order chi connectivity index (χ0) is 47.3. The van der Waals surface area contributed by atoms with Crippen LogP contribution in [0.25, 0.3) is 0 Å². The van der Waals surface area contributed by atoms with E-state index in [4.69, 9.17) is 0 Å². The van der Waals surface area contributed by atoms with Crippen LogP contribution in [0.15, 0.2) is 0 Å². The predicted octanol–water partition coefficient (Wildman–Crippen LogP) is 18.8. The maximum absolute atomic E-state index is 10.9. The van der Waals surface area contributed by atoms with Crippen LogP contribution in [0.3, 0.4) is 0 Å². The Morgan fingerprint density at radius 2 is 0.365 bits per heavy atom. The molecule has 0 saturated heterocycles. The SMILES string of the molecule is COC(=O)CCCCCCCCCCCCCCC(C)C.COC(=O)CCCCCCCCCCCCCCC(C)C.COC(=O)CCCCCCCCCCCCCCC(C)C. The molecule has 0 unspecified atom stereocenters. The first kappa shape index (κ1) is 65.7. The van der Waals surface area contributed by atoms with Crippen molar-refractivity contribution in [2.75, 3.05) is 21.3 Å². The summed E-state index contributed by atoms with van der Waals surface area (Å²) in [7, 11) is 4.39. The smallest absolute Gasteiger partial charge is 0.305 e. The minimum absolute atomic E-state index is 0.0663. The third-order valence-corrected chi connectivity index (χ3v) is 12.4. The molecule has 0 aliphatic rings. The van der Waals surface area contributed by atoms with Gasteiger partial charge in [-0.25, -0.2) is 0 Å². The minimum atomic E-state index is -0.0663. The molecule has 0 aromatic rings. The molecule has 0 aromatic heterocycles. The Labute approximate surface area is 395 Å². The summed E-state index contributed by atoms with van der Waals surface area (Å²) in [5.74, 6) is 2.42. The summed E-state index contributed by atoms with van der Waals surface area (Å²) < 4.78 is 13.9. The average molecular weight is 896 g/mol. The second-order valence-corrected chi connectivity index (χ2v) is 20.3. The van der Waals surface area contributed by atoms with Crippen LogP contribution in [0.1, 0.15) is 311 Å². The van der Waals surface area contributed by atoms with Crippen molar-refractivity contribution in [1.29, 1.82) is 0 Å². The number of hydrogen-bond donors (Lipinski definition) is 0. The van der Waals surface area contributed by atoms with E-state index < -0.39 is 0 Å². The van der Waals surface area contributed by atoms with Crippen LogP contribution >= 0.6 is 0 Å². The molecule has 0 aliphatic carbocycles. The van der Waals surface area contributed by atoms with Gasteiger partial charge in [-0.15, -0.1) is 0 Å². The van der Waals surface area contributed by atoms with Gasteiger partial charge < -0.3 is 14.2 Å². The number of esters is 3. The van der Waals surface area contributed by atoms with Crippen LogP contribution in [-0.2, 0) is 28.6 Å². The van der Waals surface area contributed by atoms with E-state index in [9.17, 15) is 14.4 Å². The van der Waals surface area contributed by atoms with E-state index in [-0.39, 0.29) is 17.9 Å². The highest BCUT2D eigenvalue weighted by atomic mass is 16.5. The number of carbonyl (C=O) groups is 3. The van der Waals surface area contributed by atoms with Gasteiger partial charge in [-0.05, 0) is 37.0 Å². The third-order valence-electron chi connectivity index (χ3n) is 12.4. The molecule has 378 valence electrons. The highest BCUT2D eigenvalue weighted by molar-refractivity contribution is 5.69. The van der Waals surface area contributed by atoms with Crippen molar-refractivity contribution in [3.63, 3.8) is 0 Å². The second kappa shape index (κ2) is 56.5. The third kappa shape index (κ3) is 67.1. The molecular weight excluding hydrogens is 781 g/mol. The number of unbranched alkanes of at least 4 members (excludes halogenated alkanes) is 33. The van der Waals surface area contributed by atoms with Crippen LogP contribution < -0.4 is 0 Å². The second-order valence-electron chi connectivity index (χ2n) is 20.3. The van der Waals surface area contributed by atoms with Crippen LogP contribution in [0.5, 0.6) is 0 Å². The van der Waals surface area contributed by atoms with Gasteiger partial charge in [-0.3, -0.25) is 14.4 Å². The fourth-order valence-corrected chi connectivity index (χ4v) is 8.08. The molecule has 6 nitrogen and oxygen atoms in total. The molecule has 0 aromatic carbocycles. The summed E-state index contributed by atoms with van der Waals surface area (Å²) in [5, 5.41) is 0. The summed E-state index contributed by atoms with van der Waals surface area (Å²) in [5.41, 5.74) is 0. The highest BCUT2D eigenvalue weighted by Gasteiger charge is 2.02. The molecule has 0 bridgehead atoms. The molecule has 0 radical (unpaired) electrons.